The highest BCUT2D eigenvalue weighted by molar-refractivity contribution is 6.09. The number of halogens is 5. The van der Waals surface area contributed by atoms with E-state index < -0.39 is 40.4 Å². The van der Waals surface area contributed by atoms with Crippen molar-refractivity contribution in [3.05, 3.63) is 70.5 Å². The summed E-state index contributed by atoms with van der Waals surface area (Å²) in [7, 11) is 0. The van der Waals surface area contributed by atoms with Crippen LogP contribution < -0.4 is 0 Å². The van der Waals surface area contributed by atoms with Crippen LogP contribution in [-0.2, 0) is 0 Å². The maximum atomic E-state index is 13.4. The van der Waals surface area contributed by atoms with Gasteiger partial charge in [-0.25, -0.2) is 22.0 Å². The maximum Gasteiger partial charge on any atom is 0.196 e. The van der Waals surface area contributed by atoms with Crippen molar-refractivity contribution in [2.45, 2.75) is 0 Å². The molecule has 2 aromatic carbocycles. The minimum absolute atomic E-state index is 0.371. The van der Waals surface area contributed by atoms with Gasteiger partial charge in [0.2, 0.25) is 0 Å². The lowest BCUT2D eigenvalue weighted by molar-refractivity contribution is 0.103. The fourth-order valence-electron chi connectivity index (χ4n) is 1.49. The summed E-state index contributed by atoms with van der Waals surface area (Å²) >= 11 is 0. The van der Waals surface area contributed by atoms with Gasteiger partial charge in [0.25, 0.3) is 0 Å². The Morgan fingerprint density at radius 2 is 1.37 bits per heavy atom. The lowest BCUT2D eigenvalue weighted by atomic mass is 10.0. The summed E-state index contributed by atoms with van der Waals surface area (Å²) in [4.78, 5) is 11.8. The van der Waals surface area contributed by atoms with Crippen molar-refractivity contribution in [2.75, 3.05) is 0 Å². The average molecular weight is 272 g/mol. The molecule has 98 valence electrons. The number of carbonyl (C=O) groups excluding carboxylic acids is 1. The molecule has 0 saturated heterocycles. The zero-order chi connectivity index (χ0) is 14.2. The lowest BCUT2D eigenvalue weighted by Gasteiger charge is -2.04. The first-order chi connectivity index (χ1) is 8.91. The van der Waals surface area contributed by atoms with Crippen LogP contribution in [0.25, 0.3) is 0 Å². The molecular formula is C13H5F5O. The van der Waals surface area contributed by atoms with Crippen LogP contribution in [0.5, 0.6) is 0 Å². The second-order valence-corrected chi connectivity index (χ2v) is 3.68. The zero-order valence-electron chi connectivity index (χ0n) is 9.18. The van der Waals surface area contributed by atoms with Crippen molar-refractivity contribution in [3.63, 3.8) is 0 Å². The Hall–Kier alpha value is -2.24. The zero-order valence-corrected chi connectivity index (χ0v) is 9.18. The molecule has 0 aliphatic rings. The Morgan fingerprint density at radius 1 is 0.737 bits per heavy atom. The first kappa shape index (κ1) is 13.2. The minimum atomic E-state index is -1.80. The summed E-state index contributed by atoms with van der Waals surface area (Å²) < 4.78 is 64.7. The topological polar surface area (TPSA) is 17.1 Å². The van der Waals surface area contributed by atoms with Crippen molar-refractivity contribution in [3.8, 4) is 0 Å². The number of hydrogen-bond acceptors (Lipinski definition) is 1. The van der Waals surface area contributed by atoms with Crippen LogP contribution in [0.2, 0.25) is 0 Å². The number of hydrogen-bond donors (Lipinski definition) is 0. The van der Waals surface area contributed by atoms with E-state index in [1.807, 2.05) is 0 Å². The van der Waals surface area contributed by atoms with E-state index in [1.165, 1.54) is 0 Å². The molecule has 0 aromatic heterocycles. The number of ketones is 1. The summed E-state index contributed by atoms with van der Waals surface area (Å²) in [5.74, 6) is -8.46. The third-order valence-corrected chi connectivity index (χ3v) is 2.46. The van der Waals surface area contributed by atoms with Gasteiger partial charge in [0.05, 0.1) is 5.56 Å². The molecule has 2 rings (SSSR count). The smallest absolute Gasteiger partial charge is 0.196 e. The molecule has 0 fully saturated rings. The van der Waals surface area contributed by atoms with E-state index in [0.29, 0.717) is 18.2 Å². The molecule has 0 N–H and O–H groups in total. The van der Waals surface area contributed by atoms with Crippen LogP contribution in [0, 0.1) is 29.1 Å². The van der Waals surface area contributed by atoms with Gasteiger partial charge in [0, 0.05) is 5.56 Å². The molecule has 0 unspecified atom stereocenters. The summed E-state index contributed by atoms with van der Waals surface area (Å²) in [6.45, 7) is 0. The van der Waals surface area contributed by atoms with Crippen LogP contribution in [0.1, 0.15) is 15.9 Å². The third-order valence-electron chi connectivity index (χ3n) is 2.46. The van der Waals surface area contributed by atoms with E-state index in [4.69, 9.17) is 0 Å². The number of rotatable bonds is 2. The molecule has 19 heavy (non-hydrogen) atoms. The van der Waals surface area contributed by atoms with Crippen molar-refractivity contribution in [1.82, 2.24) is 0 Å². The van der Waals surface area contributed by atoms with Gasteiger partial charge in [0.15, 0.2) is 34.9 Å². The summed E-state index contributed by atoms with van der Waals surface area (Å²) in [6, 6.07) is 3.46. The fraction of sp³-hybridized carbons (Fsp3) is 0. The van der Waals surface area contributed by atoms with E-state index in [2.05, 4.69) is 0 Å². The van der Waals surface area contributed by atoms with Gasteiger partial charge in [-0.1, -0.05) is 0 Å². The van der Waals surface area contributed by atoms with E-state index in [-0.39, 0.29) is 5.56 Å². The second-order valence-electron chi connectivity index (χ2n) is 3.68. The van der Waals surface area contributed by atoms with Crippen molar-refractivity contribution in [2.24, 2.45) is 0 Å². The summed E-state index contributed by atoms with van der Waals surface area (Å²) in [5.41, 5.74) is -1.13. The van der Waals surface area contributed by atoms with E-state index in [0.717, 1.165) is 12.1 Å². The van der Waals surface area contributed by atoms with Crippen molar-refractivity contribution < 1.29 is 26.7 Å². The molecule has 0 saturated carbocycles. The fourth-order valence-corrected chi connectivity index (χ4v) is 1.49. The maximum absolute atomic E-state index is 13.4. The SMILES string of the molecule is O=C(c1ccc(F)c(F)c1)c1ccc(F)c(F)c1F. The highest BCUT2D eigenvalue weighted by Crippen LogP contribution is 2.19. The van der Waals surface area contributed by atoms with E-state index in [9.17, 15) is 26.7 Å². The Balaban J connectivity index is 2.50. The molecule has 0 aliphatic carbocycles. The molecule has 2 aromatic rings. The van der Waals surface area contributed by atoms with Crippen LogP contribution in [-0.4, -0.2) is 5.78 Å². The molecular weight excluding hydrogens is 267 g/mol. The second kappa shape index (κ2) is 4.79. The summed E-state index contributed by atoms with van der Waals surface area (Å²) in [5, 5.41) is 0. The van der Waals surface area contributed by atoms with Gasteiger partial charge >= 0.3 is 0 Å². The van der Waals surface area contributed by atoms with Gasteiger partial charge in [0.1, 0.15) is 0 Å². The molecule has 0 heterocycles. The van der Waals surface area contributed by atoms with E-state index in [1.54, 1.807) is 0 Å². The predicted octanol–water partition coefficient (Wildman–Crippen LogP) is 3.61. The Morgan fingerprint density at radius 3 is 2.00 bits per heavy atom. The lowest BCUT2D eigenvalue weighted by Crippen LogP contribution is -2.08. The first-order valence-corrected chi connectivity index (χ1v) is 5.05. The third kappa shape index (κ3) is 2.33. The minimum Gasteiger partial charge on any atom is -0.288 e. The van der Waals surface area contributed by atoms with Crippen LogP contribution in [0.15, 0.2) is 30.3 Å². The Labute approximate surface area is 104 Å². The molecule has 0 spiro atoms. The molecule has 6 heteroatoms. The van der Waals surface area contributed by atoms with Crippen molar-refractivity contribution in [1.29, 1.82) is 0 Å². The standard InChI is InChI=1S/C13H5F5O/c14-8-3-1-6(5-10(8)16)13(19)7-2-4-9(15)12(18)11(7)17/h1-5H. The van der Waals surface area contributed by atoms with E-state index >= 15 is 0 Å². The molecule has 0 aliphatic heterocycles. The number of benzene rings is 2. The first-order valence-electron chi connectivity index (χ1n) is 5.05. The monoisotopic (exact) mass is 272 g/mol. The van der Waals surface area contributed by atoms with Gasteiger partial charge in [-0.3, -0.25) is 4.79 Å². The number of carbonyl (C=O) groups is 1. The van der Waals surface area contributed by atoms with Gasteiger partial charge in [-0.15, -0.1) is 0 Å². The molecule has 0 radical (unpaired) electrons. The molecule has 0 bridgehead atoms. The highest BCUT2D eigenvalue weighted by Gasteiger charge is 2.20. The van der Waals surface area contributed by atoms with Crippen LogP contribution in [0.3, 0.4) is 0 Å². The van der Waals surface area contributed by atoms with Gasteiger partial charge in [-0.05, 0) is 30.3 Å². The normalized spacial score (nSPS) is 10.6. The molecule has 0 atom stereocenters. The van der Waals surface area contributed by atoms with Crippen LogP contribution >= 0.6 is 0 Å². The predicted molar refractivity (Wildman–Crippen MR) is 56.1 cm³/mol. The van der Waals surface area contributed by atoms with Crippen LogP contribution in [0.4, 0.5) is 22.0 Å². The Bertz CT molecular complexity index is 666. The van der Waals surface area contributed by atoms with Gasteiger partial charge in [-0.2, -0.15) is 0 Å². The average Bonchev–Trinajstić information content (AvgIpc) is 2.39. The Kier molecular flexibility index (Phi) is 3.33. The van der Waals surface area contributed by atoms with Gasteiger partial charge < -0.3 is 0 Å². The quantitative estimate of drug-likeness (QED) is 0.463. The van der Waals surface area contributed by atoms with Crippen molar-refractivity contribution >= 4 is 5.78 Å². The largest absolute Gasteiger partial charge is 0.288 e. The molecule has 0 amide bonds. The molecule has 1 nitrogen and oxygen atoms in total. The highest BCUT2D eigenvalue weighted by atomic mass is 19.2. The summed E-state index contributed by atoms with van der Waals surface area (Å²) in [6.07, 6.45) is 0.